The van der Waals surface area contributed by atoms with Gasteiger partial charge in [0.2, 0.25) is 0 Å². The highest BCUT2D eigenvalue weighted by atomic mass is 16.5. The van der Waals surface area contributed by atoms with Gasteiger partial charge in [0.15, 0.2) is 5.76 Å². The van der Waals surface area contributed by atoms with Crippen molar-refractivity contribution in [2.75, 3.05) is 19.0 Å². The van der Waals surface area contributed by atoms with E-state index in [2.05, 4.69) is 10.5 Å². The highest BCUT2D eigenvalue weighted by Crippen LogP contribution is 2.34. The maximum atomic E-state index is 12.7. The van der Waals surface area contributed by atoms with Gasteiger partial charge >= 0.3 is 6.03 Å². The third-order valence-electron chi connectivity index (χ3n) is 4.30. The quantitative estimate of drug-likeness (QED) is 0.903. The molecule has 7 heteroatoms. The fourth-order valence-electron chi connectivity index (χ4n) is 3.10. The Labute approximate surface area is 140 Å². The molecule has 2 aromatic heterocycles. The Bertz CT molecular complexity index is 707. The van der Waals surface area contributed by atoms with E-state index in [0.717, 1.165) is 24.4 Å². The number of furan rings is 1. The van der Waals surface area contributed by atoms with Crippen LogP contribution in [0.2, 0.25) is 0 Å². The fraction of sp³-hybridized carbons (Fsp3) is 0.529. The SMILES string of the molecule is CCc1onc(C)c1NC(=O)N1CCC[C@H]1c1ccc(COC)o1. The summed E-state index contributed by atoms with van der Waals surface area (Å²) >= 11 is 0. The van der Waals surface area contributed by atoms with E-state index >= 15 is 0 Å². The number of ether oxygens (including phenoxy) is 1. The number of urea groups is 1. The summed E-state index contributed by atoms with van der Waals surface area (Å²) in [6.07, 6.45) is 2.51. The first-order valence-electron chi connectivity index (χ1n) is 8.24. The summed E-state index contributed by atoms with van der Waals surface area (Å²) in [5.41, 5.74) is 1.36. The molecule has 0 saturated carbocycles. The minimum absolute atomic E-state index is 0.0548. The van der Waals surface area contributed by atoms with Crippen molar-refractivity contribution in [3.63, 3.8) is 0 Å². The molecule has 0 bridgehead atoms. The predicted molar refractivity (Wildman–Crippen MR) is 87.7 cm³/mol. The Hall–Kier alpha value is -2.28. The summed E-state index contributed by atoms with van der Waals surface area (Å²) in [6.45, 7) is 4.92. The van der Waals surface area contributed by atoms with Crippen LogP contribution in [0.25, 0.3) is 0 Å². The summed E-state index contributed by atoms with van der Waals surface area (Å²) in [6, 6.07) is 3.61. The highest BCUT2D eigenvalue weighted by molar-refractivity contribution is 5.90. The van der Waals surface area contributed by atoms with Crippen LogP contribution in [0.5, 0.6) is 0 Å². The second-order valence-electron chi connectivity index (χ2n) is 5.94. The second kappa shape index (κ2) is 7.09. The molecule has 0 aromatic carbocycles. The van der Waals surface area contributed by atoms with Gasteiger partial charge in [0.1, 0.15) is 29.5 Å². The molecule has 1 atom stereocenters. The van der Waals surface area contributed by atoms with Crippen molar-refractivity contribution in [2.24, 2.45) is 0 Å². The average molecular weight is 333 g/mol. The molecule has 1 N–H and O–H groups in total. The van der Waals surface area contributed by atoms with E-state index in [1.807, 2.05) is 26.0 Å². The Kier molecular flexibility index (Phi) is 4.89. The van der Waals surface area contributed by atoms with Gasteiger partial charge in [-0.2, -0.15) is 0 Å². The Balaban J connectivity index is 1.74. The molecular formula is C17H23N3O4. The van der Waals surface area contributed by atoms with Crippen LogP contribution in [0.1, 0.15) is 48.8 Å². The van der Waals surface area contributed by atoms with Crippen LogP contribution in [0.15, 0.2) is 21.1 Å². The van der Waals surface area contributed by atoms with Gasteiger partial charge in [-0.15, -0.1) is 0 Å². The number of anilines is 1. The zero-order chi connectivity index (χ0) is 17.1. The molecule has 3 heterocycles. The van der Waals surface area contributed by atoms with Gasteiger partial charge in [0.25, 0.3) is 0 Å². The summed E-state index contributed by atoms with van der Waals surface area (Å²) in [5.74, 6) is 2.26. The molecule has 1 saturated heterocycles. The molecule has 2 aromatic rings. The van der Waals surface area contributed by atoms with E-state index < -0.39 is 0 Å². The van der Waals surface area contributed by atoms with Gasteiger partial charge in [-0.25, -0.2) is 4.79 Å². The lowest BCUT2D eigenvalue weighted by Gasteiger charge is -2.23. The predicted octanol–water partition coefficient (Wildman–Crippen LogP) is 3.65. The van der Waals surface area contributed by atoms with Crippen molar-refractivity contribution in [1.82, 2.24) is 10.1 Å². The van der Waals surface area contributed by atoms with Crippen molar-refractivity contribution in [3.8, 4) is 0 Å². The summed E-state index contributed by atoms with van der Waals surface area (Å²) in [5, 5.41) is 6.88. The van der Waals surface area contributed by atoms with Crippen molar-refractivity contribution in [1.29, 1.82) is 0 Å². The van der Waals surface area contributed by atoms with Gasteiger partial charge in [-0.05, 0) is 31.9 Å². The first kappa shape index (κ1) is 16.6. The van der Waals surface area contributed by atoms with Gasteiger partial charge in [-0.3, -0.25) is 0 Å². The van der Waals surface area contributed by atoms with E-state index in [0.29, 0.717) is 36.7 Å². The fourth-order valence-corrected chi connectivity index (χ4v) is 3.10. The van der Waals surface area contributed by atoms with Crippen molar-refractivity contribution < 1.29 is 18.5 Å². The molecule has 130 valence electrons. The monoisotopic (exact) mass is 333 g/mol. The minimum atomic E-state index is -0.150. The van der Waals surface area contributed by atoms with E-state index in [1.54, 1.807) is 12.0 Å². The number of methoxy groups -OCH3 is 1. The van der Waals surface area contributed by atoms with Crippen LogP contribution in [-0.2, 0) is 17.8 Å². The largest absolute Gasteiger partial charge is 0.461 e. The number of hydrogen-bond acceptors (Lipinski definition) is 5. The lowest BCUT2D eigenvalue weighted by atomic mass is 10.2. The number of hydrogen-bond donors (Lipinski definition) is 1. The van der Waals surface area contributed by atoms with E-state index in [1.165, 1.54) is 0 Å². The Morgan fingerprint density at radius 3 is 3.08 bits per heavy atom. The van der Waals surface area contributed by atoms with E-state index in [4.69, 9.17) is 13.7 Å². The summed E-state index contributed by atoms with van der Waals surface area (Å²) in [7, 11) is 1.63. The average Bonchev–Trinajstić information content (AvgIpc) is 3.28. The zero-order valence-electron chi connectivity index (χ0n) is 14.3. The van der Waals surface area contributed by atoms with E-state index in [-0.39, 0.29) is 12.1 Å². The van der Waals surface area contributed by atoms with Crippen LogP contribution in [-0.4, -0.2) is 29.7 Å². The van der Waals surface area contributed by atoms with Gasteiger partial charge in [-0.1, -0.05) is 12.1 Å². The molecule has 1 aliphatic heterocycles. The molecule has 0 aliphatic carbocycles. The van der Waals surface area contributed by atoms with Crippen molar-refractivity contribution in [2.45, 2.75) is 45.8 Å². The molecule has 0 unspecified atom stereocenters. The third kappa shape index (κ3) is 3.17. The molecule has 2 amide bonds. The molecule has 0 radical (unpaired) electrons. The number of nitrogens with zero attached hydrogens (tertiary/aromatic N) is 2. The maximum Gasteiger partial charge on any atom is 0.322 e. The van der Waals surface area contributed by atoms with Crippen LogP contribution >= 0.6 is 0 Å². The molecule has 3 rings (SSSR count). The first-order chi connectivity index (χ1) is 11.6. The van der Waals surface area contributed by atoms with Crippen molar-refractivity contribution in [3.05, 3.63) is 35.1 Å². The number of carbonyl (C=O) groups is 1. The minimum Gasteiger partial charge on any atom is -0.461 e. The van der Waals surface area contributed by atoms with Crippen LogP contribution < -0.4 is 5.32 Å². The van der Waals surface area contributed by atoms with Crippen LogP contribution in [0, 0.1) is 6.92 Å². The molecule has 1 aliphatic rings. The Morgan fingerprint density at radius 2 is 2.33 bits per heavy atom. The number of nitrogens with one attached hydrogen (secondary N) is 1. The topological polar surface area (TPSA) is 80.7 Å². The third-order valence-corrected chi connectivity index (χ3v) is 4.30. The number of carbonyl (C=O) groups excluding carboxylic acids is 1. The zero-order valence-corrected chi connectivity index (χ0v) is 14.3. The van der Waals surface area contributed by atoms with Gasteiger partial charge in [0, 0.05) is 20.1 Å². The number of aromatic nitrogens is 1. The normalized spacial score (nSPS) is 17.5. The van der Waals surface area contributed by atoms with Gasteiger partial charge < -0.3 is 23.9 Å². The van der Waals surface area contributed by atoms with Crippen molar-refractivity contribution >= 4 is 11.7 Å². The number of likely N-dealkylation sites (tertiary alicyclic amines) is 1. The van der Waals surface area contributed by atoms with E-state index in [9.17, 15) is 4.79 Å². The molecule has 0 spiro atoms. The smallest absolute Gasteiger partial charge is 0.322 e. The highest BCUT2D eigenvalue weighted by Gasteiger charge is 2.33. The first-order valence-corrected chi connectivity index (χ1v) is 8.24. The number of amides is 2. The Morgan fingerprint density at radius 1 is 1.50 bits per heavy atom. The molecule has 1 fully saturated rings. The van der Waals surface area contributed by atoms with Crippen LogP contribution in [0.3, 0.4) is 0 Å². The lowest BCUT2D eigenvalue weighted by molar-refractivity contribution is 0.157. The number of aryl methyl sites for hydroxylation is 2. The lowest BCUT2D eigenvalue weighted by Crippen LogP contribution is -2.34. The van der Waals surface area contributed by atoms with Gasteiger partial charge in [0.05, 0.1) is 6.04 Å². The maximum absolute atomic E-state index is 12.7. The molecule has 24 heavy (non-hydrogen) atoms. The summed E-state index contributed by atoms with van der Waals surface area (Å²) < 4.78 is 16.1. The standard InChI is InChI=1S/C17H23N3O4/c1-4-14-16(11(2)19-24-14)18-17(21)20-9-5-6-13(20)15-8-7-12(23-15)10-22-3/h7-8,13H,4-6,9-10H2,1-3H3,(H,18,21)/t13-/m0/s1. The second-order valence-corrected chi connectivity index (χ2v) is 5.94. The molecular weight excluding hydrogens is 310 g/mol. The summed E-state index contributed by atoms with van der Waals surface area (Å²) in [4.78, 5) is 14.5. The molecule has 7 nitrogen and oxygen atoms in total. The number of rotatable bonds is 5. The van der Waals surface area contributed by atoms with Crippen LogP contribution in [0.4, 0.5) is 10.5 Å².